The van der Waals surface area contributed by atoms with Crippen molar-refractivity contribution in [1.29, 1.82) is 0 Å². The van der Waals surface area contributed by atoms with Crippen LogP contribution >= 0.6 is 11.6 Å². The van der Waals surface area contributed by atoms with Crippen molar-refractivity contribution in [2.24, 2.45) is 12.0 Å². The van der Waals surface area contributed by atoms with Gasteiger partial charge in [-0.3, -0.25) is 14.4 Å². The van der Waals surface area contributed by atoms with Crippen molar-refractivity contribution < 1.29 is 36.6 Å². The smallest absolute Gasteiger partial charge is 0.431 e. The molecule has 1 heterocycles. The highest BCUT2D eigenvalue weighted by Gasteiger charge is 2.35. The summed E-state index contributed by atoms with van der Waals surface area (Å²) in [5.41, 5.74) is -5.00. The number of hydrogen-bond acceptors (Lipinski definition) is 7. The molecule has 0 bridgehead atoms. The van der Waals surface area contributed by atoms with Gasteiger partial charge in [0.1, 0.15) is 36.4 Å². The number of halogens is 5. The quantitative estimate of drug-likeness (QED) is 0.116. The first-order valence-corrected chi connectivity index (χ1v) is 10.4. The van der Waals surface area contributed by atoms with Crippen molar-refractivity contribution in [3.63, 3.8) is 0 Å². The molecule has 1 aromatic heterocycles. The number of nitrogens with zero attached hydrogens (tertiary/aromatic N) is 3. The average molecular weight is 534 g/mol. The zero-order chi connectivity index (χ0) is 27.0. The van der Waals surface area contributed by atoms with Gasteiger partial charge in [0.15, 0.2) is 0 Å². The Bertz CT molecular complexity index is 1310. The van der Waals surface area contributed by atoms with Crippen LogP contribution in [0.1, 0.15) is 12.6 Å². The van der Waals surface area contributed by atoms with E-state index < -0.39 is 40.6 Å². The van der Waals surface area contributed by atoms with E-state index in [1.165, 1.54) is 18.4 Å². The Morgan fingerprint density at radius 1 is 1.25 bits per heavy atom. The molecule has 0 aliphatic carbocycles. The van der Waals surface area contributed by atoms with E-state index >= 15 is 0 Å². The summed E-state index contributed by atoms with van der Waals surface area (Å²) >= 11 is 5.97. The molecule has 0 saturated heterocycles. The minimum absolute atomic E-state index is 0.0268. The zero-order valence-electron chi connectivity index (χ0n) is 19.0. The maximum Gasteiger partial charge on any atom is 0.431 e. The van der Waals surface area contributed by atoms with Crippen LogP contribution in [0, 0.1) is 5.82 Å². The second-order valence-corrected chi connectivity index (χ2v) is 7.23. The van der Waals surface area contributed by atoms with Crippen molar-refractivity contribution >= 4 is 23.8 Å². The first kappa shape index (κ1) is 28.5. The molecule has 0 unspecified atom stereocenters. The molecule has 2 rings (SSSR count). The number of carbonyl (C=O) groups excluding carboxylic acids is 1. The Kier molecular flexibility index (Phi) is 9.76. The second kappa shape index (κ2) is 12.3. The fourth-order valence-corrected chi connectivity index (χ4v) is 2.89. The van der Waals surface area contributed by atoms with Gasteiger partial charge in [0.25, 0.3) is 5.56 Å². The van der Waals surface area contributed by atoms with Gasteiger partial charge >= 0.3 is 17.8 Å². The number of benzene rings is 1. The largest absolute Gasteiger partial charge is 0.464 e. The van der Waals surface area contributed by atoms with Gasteiger partial charge in [-0.2, -0.15) is 13.2 Å². The molecule has 9 nitrogen and oxygen atoms in total. The molecule has 14 heteroatoms. The Labute approximate surface area is 206 Å². The van der Waals surface area contributed by atoms with Crippen LogP contribution in [0.2, 0.25) is 5.02 Å². The number of alkyl halides is 3. The number of aliphatic imine (C=N–C) groups is 1. The van der Waals surface area contributed by atoms with Gasteiger partial charge < -0.3 is 14.2 Å². The van der Waals surface area contributed by atoms with Crippen LogP contribution in [0.4, 0.5) is 17.6 Å². The lowest BCUT2D eigenvalue weighted by Gasteiger charge is -2.15. The van der Waals surface area contributed by atoms with E-state index in [9.17, 15) is 31.9 Å². The van der Waals surface area contributed by atoms with E-state index in [-0.39, 0.29) is 51.7 Å². The average Bonchev–Trinajstić information content (AvgIpc) is 2.78. The molecule has 0 radical (unpaired) electrons. The number of allylic oxidation sites excluding steroid dienone is 2. The molecule has 194 valence electrons. The summed E-state index contributed by atoms with van der Waals surface area (Å²) in [5.74, 6) is -1.94. The number of esters is 1. The lowest BCUT2D eigenvalue weighted by Crippen LogP contribution is -2.41. The van der Waals surface area contributed by atoms with Crippen LogP contribution < -0.4 is 16.0 Å². The third-order valence-electron chi connectivity index (χ3n) is 4.26. The standard InChI is InChI=1S/C22H20ClF4N3O6/c1-4-35-20(32)11-34-12-28-7-5-6-13(2)36-17-9-16(15(24)8-14(17)23)30-19(31)10-18(22(25,26)27)29(3)21(30)33/h5-10H,2,4,11-12H2,1,3H3/b6-5-,28-7?. The number of hydrogen-bond donors (Lipinski definition) is 0. The highest BCUT2D eigenvalue weighted by molar-refractivity contribution is 6.32. The number of carbonyl (C=O) groups is 1. The molecule has 0 aliphatic rings. The van der Waals surface area contributed by atoms with Crippen molar-refractivity contribution in [2.45, 2.75) is 13.1 Å². The first-order valence-electron chi connectivity index (χ1n) is 10.0. The highest BCUT2D eigenvalue weighted by Crippen LogP contribution is 2.31. The minimum Gasteiger partial charge on any atom is -0.464 e. The molecular weight excluding hydrogens is 514 g/mol. The number of ether oxygens (including phenoxy) is 3. The van der Waals surface area contributed by atoms with Gasteiger partial charge in [0, 0.05) is 25.4 Å². The monoisotopic (exact) mass is 533 g/mol. The van der Waals surface area contributed by atoms with Crippen LogP contribution in [0.15, 0.2) is 57.3 Å². The molecule has 0 atom stereocenters. The highest BCUT2D eigenvalue weighted by atomic mass is 35.5. The van der Waals surface area contributed by atoms with Gasteiger partial charge in [-0.15, -0.1) is 0 Å². The summed E-state index contributed by atoms with van der Waals surface area (Å²) in [6.07, 6.45) is -0.940. The molecule has 0 saturated carbocycles. The second-order valence-electron chi connectivity index (χ2n) is 6.82. The van der Waals surface area contributed by atoms with E-state index in [0.29, 0.717) is 0 Å². The predicted octanol–water partition coefficient (Wildman–Crippen LogP) is 3.40. The van der Waals surface area contributed by atoms with Crippen LogP contribution in [0.25, 0.3) is 5.69 Å². The van der Waals surface area contributed by atoms with Crippen LogP contribution in [-0.4, -0.2) is 41.3 Å². The lowest BCUT2D eigenvalue weighted by atomic mass is 10.2. The third kappa shape index (κ3) is 7.39. The van der Waals surface area contributed by atoms with E-state index in [4.69, 9.17) is 21.1 Å². The maximum absolute atomic E-state index is 14.6. The van der Waals surface area contributed by atoms with Crippen LogP contribution in [0.3, 0.4) is 0 Å². The van der Waals surface area contributed by atoms with Gasteiger partial charge in [0.05, 0.1) is 17.3 Å². The lowest BCUT2D eigenvalue weighted by molar-refractivity contribution is -0.148. The van der Waals surface area contributed by atoms with Gasteiger partial charge in [0.2, 0.25) is 0 Å². The summed E-state index contributed by atoms with van der Waals surface area (Å²) in [5, 5.41) is -0.261. The molecule has 0 amide bonds. The van der Waals surface area contributed by atoms with Crippen molar-refractivity contribution in [3.05, 3.63) is 80.1 Å². The van der Waals surface area contributed by atoms with Gasteiger partial charge in [-0.25, -0.2) is 18.5 Å². The Hall–Kier alpha value is -3.71. The van der Waals surface area contributed by atoms with Crippen molar-refractivity contribution in [3.8, 4) is 11.4 Å². The SMILES string of the molecule is C=C(/C=C\C=NCOCC(=O)OCC)Oc1cc(-n2c(=O)cc(C(F)(F)F)n(C)c2=O)c(F)cc1Cl. The van der Waals surface area contributed by atoms with E-state index in [0.717, 1.165) is 19.2 Å². The summed E-state index contributed by atoms with van der Waals surface area (Å²) in [7, 11) is 0.794. The van der Waals surface area contributed by atoms with Crippen LogP contribution in [-0.2, 0) is 27.5 Å². The Morgan fingerprint density at radius 3 is 2.58 bits per heavy atom. The fourth-order valence-electron chi connectivity index (χ4n) is 2.70. The zero-order valence-corrected chi connectivity index (χ0v) is 19.7. The van der Waals surface area contributed by atoms with Gasteiger partial charge in [-0.05, 0) is 25.1 Å². The van der Waals surface area contributed by atoms with Crippen molar-refractivity contribution in [1.82, 2.24) is 9.13 Å². The molecule has 36 heavy (non-hydrogen) atoms. The van der Waals surface area contributed by atoms with Crippen LogP contribution in [0.5, 0.6) is 5.75 Å². The predicted molar refractivity (Wildman–Crippen MR) is 122 cm³/mol. The normalized spacial score (nSPS) is 11.9. The number of aromatic nitrogens is 2. The van der Waals surface area contributed by atoms with Gasteiger partial charge in [-0.1, -0.05) is 18.2 Å². The Morgan fingerprint density at radius 2 is 1.94 bits per heavy atom. The maximum atomic E-state index is 14.6. The fraction of sp³-hybridized carbons (Fsp3) is 0.273. The molecule has 2 aromatic rings. The first-order chi connectivity index (χ1) is 16.9. The Balaban J connectivity index is 2.20. The molecular formula is C22H20ClF4N3O6. The van der Waals surface area contributed by atoms with E-state index in [1.807, 2.05) is 0 Å². The number of rotatable bonds is 10. The molecule has 0 spiro atoms. The molecule has 0 N–H and O–H groups in total. The summed E-state index contributed by atoms with van der Waals surface area (Å²) < 4.78 is 69.2. The topological polar surface area (TPSA) is 101 Å². The minimum atomic E-state index is -4.97. The summed E-state index contributed by atoms with van der Waals surface area (Å²) in [6, 6.07) is 1.78. The third-order valence-corrected chi connectivity index (χ3v) is 4.55. The van der Waals surface area contributed by atoms with E-state index in [2.05, 4.69) is 16.3 Å². The summed E-state index contributed by atoms with van der Waals surface area (Å²) in [6.45, 7) is 5.11. The molecule has 0 aliphatic heterocycles. The van der Waals surface area contributed by atoms with Crippen molar-refractivity contribution in [2.75, 3.05) is 19.9 Å². The summed E-state index contributed by atoms with van der Waals surface area (Å²) in [4.78, 5) is 39.7. The molecule has 1 aromatic carbocycles. The molecule has 0 fully saturated rings. The van der Waals surface area contributed by atoms with E-state index in [1.54, 1.807) is 6.92 Å².